The number of aryl methyl sites for hydroxylation is 1. The first-order valence-electron chi connectivity index (χ1n) is 4.65. The Balaban J connectivity index is 2.39. The van der Waals surface area contributed by atoms with Gasteiger partial charge in [0.05, 0.1) is 5.56 Å². The molecule has 13 heavy (non-hydrogen) atoms. The number of aromatic carboxylic acids is 1. The van der Waals surface area contributed by atoms with E-state index in [2.05, 4.69) is 0 Å². The quantitative estimate of drug-likeness (QED) is 0.771. The highest BCUT2D eigenvalue weighted by Gasteiger charge is 2.29. The summed E-state index contributed by atoms with van der Waals surface area (Å²) in [5, 5.41) is 8.94. The van der Waals surface area contributed by atoms with Gasteiger partial charge >= 0.3 is 5.97 Å². The molecule has 1 aliphatic carbocycles. The van der Waals surface area contributed by atoms with Crippen LogP contribution >= 0.6 is 0 Å². The summed E-state index contributed by atoms with van der Waals surface area (Å²) in [4.78, 5) is 10.9. The predicted octanol–water partition coefficient (Wildman–Crippen LogP) is 2.08. The van der Waals surface area contributed by atoms with Crippen LogP contribution in [0.15, 0.2) is 12.4 Å². The lowest BCUT2D eigenvalue weighted by Crippen LogP contribution is -1.97. The minimum Gasteiger partial charge on any atom is -0.478 e. The molecular formula is C10H13NO2. The first-order valence-corrected chi connectivity index (χ1v) is 4.65. The van der Waals surface area contributed by atoms with E-state index in [-0.39, 0.29) is 0 Å². The van der Waals surface area contributed by atoms with Crippen LogP contribution in [0.3, 0.4) is 0 Å². The summed E-state index contributed by atoms with van der Waals surface area (Å²) >= 11 is 0. The van der Waals surface area contributed by atoms with Crippen LogP contribution in [0.5, 0.6) is 0 Å². The zero-order valence-electron chi connectivity index (χ0n) is 7.66. The third kappa shape index (κ3) is 1.46. The minimum absolute atomic E-state index is 0.490. The van der Waals surface area contributed by atoms with Crippen molar-refractivity contribution in [2.75, 3.05) is 0 Å². The molecule has 0 saturated heterocycles. The summed E-state index contributed by atoms with van der Waals surface area (Å²) < 4.78 is 1.94. The second-order valence-electron chi connectivity index (χ2n) is 3.54. The highest BCUT2D eigenvalue weighted by atomic mass is 16.4. The maximum Gasteiger partial charge on any atom is 0.337 e. The Bertz CT molecular complexity index is 337. The van der Waals surface area contributed by atoms with Gasteiger partial charge in [0.25, 0.3) is 0 Å². The Morgan fingerprint density at radius 1 is 1.62 bits per heavy atom. The first kappa shape index (κ1) is 8.35. The van der Waals surface area contributed by atoms with E-state index in [0.29, 0.717) is 11.5 Å². The lowest BCUT2D eigenvalue weighted by molar-refractivity contribution is 0.0695. The van der Waals surface area contributed by atoms with Gasteiger partial charge in [-0.2, -0.15) is 0 Å². The van der Waals surface area contributed by atoms with Crippen LogP contribution in [-0.2, 0) is 6.54 Å². The lowest BCUT2D eigenvalue weighted by Gasteiger charge is -1.93. The molecule has 0 aromatic carbocycles. The molecule has 1 fully saturated rings. The van der Waals surface area contributed by atoms with E-state index in [9.17, 15) is 4.79 Å². The molecule has 1 heterocycles. The molecule has 3 nitrogen and oxygen atoms in total. The fraction of sp³-hybridized carbons (Fsp3) is 0.500. The number of aromatic nitrogens is 1. The topological polar surface area (TPSA) is 42.2 Å². The number of carbonyl (C=O) groups is 1. The maximum atomic E-state index is 10.9. The van der Waals surface area contributed by atoms with Gasteiger partial charge in [0.2, 0.25) is 0 Å². The summed E-state index contributed by atoms with van der Waals surface area (Å²) in [5.41, 5.74) is 1.51. The molecule has 1 N–H and O–H groups in total. The summed E-state index contributed by atoms with van der Waals surface area (Å²) in [7, 11) is 0. The van der Waals surface area contributed by atoms with Crippen LogP contribution in [-0.4, -0.2) is 15.6 Å². The summed E-state index contributed by atoms with van der Waals surface area (Å²) in [6.07, 6.45) is 6.00. The Kier molecular flexibility index (Phi) is 1.87. The third-order valence-electron chi connectivity index (χ3n) is 2.52. The summed E-state index contributed by atoms with van der Waals surface area (Å²) in [5.74, 6) is -0.284. The van der Waals surface area contributed by atoms with Gasteiger partial charge in [-0.05, 0) is 31.2 Å². The van der Waals surface area contributed by atoms with Crippen molar-refractivity contribution in [3.8, 4) is 0 Å². The molecule has 0 spiro atoms. The monoisotopic (exact) mass is 179 g/mol. The Morgan fingerprint density at radius 2 is 2.31 bits per heavy atom. The van der Waals surface area contributed by atoms with Crippen LogP contribution in [0, 0.1) is 0 Å². The zero-order valence-corrected chi connectivity index (χ0v) is 7.66. The number of hydrogen-bond donors (Lipinski definition) is 1. The molecule has 1 aromatic rings. The van der Waals surface area contributed by atoms with Crippen LogP contribution in [0.1, 0.15) is 41.6 Å². The number of rotatable bonds is 3. The molecule has 0 bridgehead atoms. The van der Waals surface area contributed by atoms with Crippen LogP contribution < -0.4 is 0 Å². The summed E-state index contributed by atoms with van der Waals surface area (Å²) in [6.45, 7) is 2.86. The van der Waals surface area contributed by atoms with E-state index in [4.69, 9.17) is 5.11 Å². The fourth-order valence-electron chi connectivity index (χ4n) is 1.61. The molecule has 0 atom stereocenters. The smallest absolute Gasteiger partial charge is 0.337 e. The zero-order chi connectivity index (χ0) is 9.42. The molecule has 1 aliphatic rings. The van der Waals surface area contributed by atoms with Crippen LogP contribution in [0.2, 0.25) is 0 Å². The van der Waals surface area contributed by atoms with Crippen molar-refractivity contribution in [2.24, 2.45) is 0 Å². The number of carboxylic acids is 1. The lowest BCUT2D eigenvalue weighted by atomic mass is 10.1. The van der Waals surface area contributed by atoms with Gasteiger partial charge < -0.3 is 9.67 Å². The van der Waals surface area contributed by atoms with E-state index >= 15 is 0 Å². The first-order chi connectivity index (χ1) is 6.22. The van der Waals surface area contributed by atoms with Crippen molar-refractivity contribution >= 4 is 5.97 Å². The molecule has 3 heteroatoms. The van der Waals surface area contributed by atoms with Crippen molar-refractivity contribution in [3.05, 3.63) is 23.5 Å². The molecule has 1 aromatic heterocycles. The second kappa shape index (κ2) is 2.91. The third-order valence-corrected chi connectivity index (χ3v) is 2.52. The molecule has 0 aliphatic heterocycles. The molecule has 70 valence electrons. The van der Waals surface area contributed by atoms with Crippen molar-refractivity contribution in [1.82, 2.24) is 4.57 Å². The number of hydrogen-bond acceptors (Lipinski definition) is 1. The Labute approximate surface area is 77.0 Å². The van der Waals surface area contributed by atoms with Gasteiger partial charge in [0.15, 0.2) is 0 Å². The average molecular weight is 179 g/mol. The van der Waals surface area contributed by atoms with E-state index in [0.717, 1.165) is 24.9 Å². The van der Waals surface area contributed by atoms with Crippen molar-refractivity contribution in [3.63, 3.8) is 0 Å². The van der Waals surface area contributed by atoms with Crippen molar-refractivity contribution in [2.45, 2.75) is 32.2 Å². The second-order valence-corrected chi connectivity index (χ2v) is 3.54. The maximum absolute atomic E-state index is 10.9. The van der Waals surface area contributed by atoms with Crippen molar-refractivity contribution in [1.29, 1.82) is 0 Å². The van der Waals surface area contributed by atoms with Gasteiger partial charge in [-0.25, -0.2) is 4.79 Å². The van der Waals surface area contributed by atoms with E-state index in [1.165, 1.54) is 0 Å². The van der Waals surface area contributed by atoms with Gasteiger partial charge in [0, 0.05) is 18.9 Å². The highest BCUT2D eigenvalue weighted by molar-refractivity contribution is 5.89. The van der Waals surface area contributed by atoms with E-state index in [1.807, 2.05) is 17.7 Å². The van der Waals surface area contributed by atoms with Crippen LogP contribution in [0.25, 0.3) is 0 Å². The van der Waals surface area contributed by atoms with Crippen molar-refractivity contribution < 1.29 is 9.90 Å². The number of carboxylic acid groups (broad SMARTS) is 1. The minimum atomic E-state index is -0.797. The summed E-state index contributed by atoms with van der Waals surface area (Å²) in [6, 6.07) is 0. The van der Waals surface area contributed by atoms with Gasteiger partial charge in [-0.15, -0.1) is 0 Å². The largest absolute Gasteiger partial charge is 0.478 e. The van der Waals surface area contributed by atoms with E-state index < -0.39 is 5.97 Å². The molecule has 0 amide bonds. The fourth-order valence-corrected chi connectivity index (χ4v) is 1.61. The highest BCUT2D eigenvalue weighted by Crippen LogP contribution is 2.42. The van der Waals surface area contributed by atoms with Crippen LogP contribution in [0.4, 0.5) is 0 Å². The molecule has 1 saturated carbocycles. The SMILES string of the molecule is CCn1cc(C(=O)O)c(C2CC2)c1. The predicted molar refractivity (Wildman–Crippen MR) is 49.0 cm³/mol. The standard InChI is InChI=1S/C10H13NO2/c1-2-11-5-8(7-3-4-7)9(6-11)10(12)13/h5-7H,2-4H2,1H3,(H,12,13). The van der Waals surface area contributed by atoms with Gasteiger partial charge in [0.1, 0.15) is 0 Å². The van der Waals surface area contributed by atoms with Gasteiger partial charge in [-0.3, -0.25) is 0 Å². The number of nitrogens with zero attached hydrogens (tertiary/aromatic N) is 1. The van der Waals surface area contributed by atoms with Gasteiger partial charge in [-0.1, -0.05) is 0 Å². The average Bonchev–Trinajstić information content (AvgIpc) is 2.84. The molecule has 2 rings (SSSR count). The molecule has 0 radical (unpaired) electrons. The molecule has 0 unspecified atom stereocenters. The van der Waals surface area contributed by atoms with E-state index in [1.54, 1.807) is 6.20 Å². The Morgan fingerprint density at radius 3 is 2.77 bits per heavy atom. The Hall–Kier alpha value is -1.25. The molecular weight excluding hydrogens is 166 g/mol. The normalized spacial score (nSPS) is 16.1.